The molecule has 1 aromatic carbocycles. The van der Waals surface area contributed by atoms with Crippen LogP contribution in [0.5, 0.6) is 0 Å². The standard InChI is InChI=1S/C19H18ClN7O5/c1-19(10-7-5-4-6-8-10)15(30)27(17(31)22-19)23-11(28)9-26-12-13(21-16(26)20)24(2)18(32)25(3)14(12)29/h4-8H,9H2,1-3H3,(H,22,31)(H,23,28). The Labute approximate surface area is 185 Å². The number of amides is 4. The maximum absolute atomic E-state index is 12.9. The average molecular weight is 460 g/mol. The Kier molecular flexibility index (Phi) is 4.89. The zero-order valence-electron chi connectivity index (χ0n) is 17.2. The summed E-state index contributed by atoms with van der Waals surface area (Å²) in [5, 5.41) is 2.94. The van der Waals surface area contributed by atoms with E-state index in [4.69, 9.17) is 11.6 Å². The second-order valence-corrected chi connectivity index (χ2v) is 7.78. The maximum atomic E-state index is 12.9. The van der Waals surface area contributed by atoms with Gasteiger partial charge < -0.3 is 5.32 Å². The number of benzene rings is 1. The summed E-state index contributed by atoms with van der Waals surface area (Å²) in [6, 6.07) is 7.77. The summed E-state index contributed by atoms with van der Waals surface area (Å²) < 4.78 is 3.08. The van der Waals surface area contributed by atoms with Gasteiger partial charge in [-0.3, -0.25) is 33.5 Å². The van der Waals surface area contributed by atoms with Crippen molar-refractivity contribution in [3.63, 3.8) is 0 Å². The number of carbonyl (C=O) groups is 3. The highest BCUT2D eigenvalue weighted by Gasteiger charge is 2.50. The second kappa shape index (κ2) is 7.34. The van der Waals surface area contributed by atoms with Gasteiger partial charge in [0.2, 0.25) is 5.28 Å². The number of hydrogen-bond acceptors (Lipinski definition) is 6. The minimum atomic E-state index is -1.36. The van der Waals surface area contributed by atoms with Gasteiger partial charge in [-0.1, -0.05) is 30.3 Å². The van der Waals surface area contributed by atoms with E-state index in [2.05, 4.69) is 15.7 Å². The summed E-state index contributed by atoms with van der Waals surface area (Å²) >= 11 is 6.11. The smallest absolute Gasteiger partial charge is 0.318 e. The topological polar surface area (TPSA) is 140 Å². The van der Waals surface area contributed by atoms with Gasteiger partial charge in [0.05, 0.1) is 0 Å². The van der Waals surface area contributed by atoms with Gasteiger partial charge in [0, 0.05) is 14.1 Å². The van der Waals surface area contributed by atoms with Crippen molar-refractivity contribution in [3.8, 4) is 0 Å². The first-order valence-corrected chi connectivity index (χ1v) is 9.77. The molecular formula is C19H18ClN7O5. The normalized spacial score (nSPS) is 18.3. The molecule has 0 aliphatic carbocycles. The summed E-state index contributed by atoms with van der Waals surface area (Å²) in [6.07, 6.45) is 0. The SMILES string of the molecule is Cn1c(=O)c2c(nc(Cl)n2CC(=O)NN2C(=O)NC(C)(c3ccccc3)C2=O)n(C)c1=O. The van der Waals surface area contributed by atoms with Crippen LogP contribution in [0.4, 0.5) is 4.79 Å². The number of rotatable bonds is 4. The first-order chi connectivity index (χ1) is 15.1. The monoisotopic (exact) mass is 459 g/mol. The highest BCUT2D eigenvalue weighted by Crippen LogP contribution is 2.27. The van der Waals surface area contributed by atoms with Crippen LogP contribution < -0.4 is 22.0 Å². The van der Waals surface area contributed by atoms with E-state index >= 15 is 0 Å². The molecular weight excluding hydrogens is 442 g/mol. The van der Waals surface area contributed by atoms with Crippen molar-refractivity contribution < 1.29 is 14.4 Å². The van der Waals surface area contributed by atoms with E-state index in [1.54, 1.807) is 30.3 Å². The van der Waals surface area contributed by atoms with Gasteiger partial charge >= 0.3 is 11.7 Å². The largest absolute Gasteiger partial charge is 0.344 e. The fourth-order valence-electron chi connectivity index (χ4n) is 3.58. The van der Waals surface area contributed by atoms with Crippen LogP contribution in [-0.2, 0) is 35.8 Å². The number of aryl methyl sites for hydroxylation is 1. The minimum absolute atomic E-state index is 0.00236. The number of aromatic nitrogens is 4. The molecule has 1 atom stereocenters. The zero-order valence-corrected chi connectivity index (χ0v) is 18.0. The van der Waals surface area contributed by atoms with Gasteiger partial charge in [-0.05, 0) is 24.1 Å². The van der Waals surface area contributed by atoms with E-state index in [1.165, 1.54) is 21.0 Å². The van der Waals surface area contributed by atoms with Crippen molar-refractivity contribution in [3.05, 3.63) is 62.0 Å². The van der Waals surface area contributed by atoms with Crippen molar-refractivity contribution >= 4 is 40.6 Å². The number of imidazole rings is 1. The summed E-state index contributed by atoms with van der Waals surface area (Å²) in [5.74, 6) is -1.48. The van der Waals surface area contributed by atoms with Crippen molar-refractivity contribution in [2.45, 2.75) is 19.0 Å². The minimum Gasteiger partial charge on any atom is -0.318 e. The van der Waals surface area contributed by atoms with E-state index < -0.39 is 41.2 Å². The Morgan fingerprint density at radius 1 is 1.12 bits per heavy atom. The van der Waals surface area contributed by atoms with Crippen LogP contribution in [0.25, 0.3) is 11.2 Å². The molecule has 2 aromatic heterocycles. The molecule has 4 rings (SSSR count). The van der Waals surface area contributed by atoms with Crippen molar-refractivity contribution in [2.24, 2.45) is 14.1 Å². The number of nitrogens with one attached hydrogen (secondary N) is 2. The number of halogens is 1. The number of nitrogens with zero attached hydrogens (tertiary/aromatic N) is 5. The molecule has 0 bridgehead atoms. The van der Waals surface area contributed by atoms with Crippen LogP contribution in [-0.4, -0.2) is 41.5 Å². The zero-order chi connectivity index (χ0) is 23.4. The molecule has 1 aliphatic rings. The van der Waals surface area contributed by atoms with Crippen LogP contribution in [0.2, 0.25) is 5.28 Å². The van der Waals surface area contributed by atoms with Gasteiger partial charge in [0.15, 0.2) is 11.2 Å². The third-order valence-electron chi connectivity index (χ3n) is 5.38. The molecule has 1 fully saturated rings. The van der Waals surface area contributed by atoms with Gasteiger partial charge in [0.25, 0.3) is 17.4 Å². The second-order valence-electron chi connectivity index (χ2n) is 7.44. The molecule has 1 unspecified atom stereocenters. The Balaban J connectivity index is 1.63. The van der Waals surface area contributed by atoms with Crippen LogP contribution in [0.15, 0.2) is 39.9 Å². The predicted octanol–water partition coefficient (Wildman–Crippen LogP) is -0.415. The predicted molar refractivity (Wildman–Crippen MR) is 113 cm³/mol. The molecule has 0 saturated carbocycles. The van der Waals surface area contributed by atoms with Crippen LogP contribution in [0, 0.1) is 0 Å². The molecule has 0 spiro atoms. The summed E-state index contributed by atoms with van der Waals surface area (Å²) in [6.45, 7) is 1.00. The fraction of sp³-hybridized carbons (Fsp3) is 0.263. The fourth-order valence-corrected chi connectivity index (χ4v) is 3.80. The number of urea groups is 1. The highest BCUT2D eigenvalue weighted by molar-refractivity contribution is 6.29. The molecule has 1 saturated heterocycles. The van der Waals surface area contributed by atoms with Crippen LogP contribution in [0.3, 0.4) is 0 Å². The molecule has 4 amide bonds. The van der Waals surface area contributed by atoms with E-state index in [-0.39, 0.29) is 16.4 Å². The van der Waals surface area contributed by atoms with Gasteiger partial charge in [0.1, 0.15) is 12.1 Å². The molecule has 166 valence electrons. The molecule has 2 N–H and O–H groups in total. The lowest BCUT2D eigenvalue weighted by atomic mass is 9.92. The first kappa shape index (κ1) is 21.3. The summed E-state index contributed by atoms with van der Waals surface area (Å²) in [4.78, 5) is 66.7. The quantitative estimate of drug-likeness (QED) is 0.401. The lowest BCUT2D eigenvalue weighted by Crippen LogP contribution is -2.49. The maximum Gasteiger partial charge on any atom is 0.344 e. The van der Waals surface area contributed by atoms with E-state index in [1.807, 2.05) is 0 Å². The lowest BCUT2D eigenvalue weighted by Gasteiger charge is -2.22. The number of imide groups is 1. The van der Waals surface area contributed by atoms with E-state index in [0.717, 1.165) is 13.7 Å². The average Bonchev–Trinajstić information content (AvgIpc) is 3.20. The highest BCUT2D eigenvalue weighted by atomic mass is 35.5. The third kappa shape index (κ3) is 3.07. The summed E-state index contributed by atoms with van der Waals surface area (Å²) in [5.41, 5.74) is 0.0619. The molecule has 3 aromatic rings. The van der Waals surface area contributed by atoms with Crippen LogP contribution >= 0.6 is 11.6 Å². The number of hydrogen-bond donors (Lipinski definition) is 2. The van der Waals surface area contributed by atoms with Gasteiger partial charge in [-0.2, -0.15) is 9.99 Å². The molecule has 13 heteroatoms. The Hall–Kier alpha value is -3.93. The van der Waals surface area contributed by atoms with Crippen molar-refractivity contribution in [2.75, 3.05) is 0 Å². The molecule has 0 radical (unpaired) electrons. The van der Waals surface area contributed by atoms with Crippen molar-refractivity contribution in [1.29, 1.82) is 0 Å². The van der Waals surface area contributed by atoms with Gasteiger partial charge in [-0.15, -0.1) is 0 Å². The molecule has 3 heterocycles. The molecule has 32 heavy (non-hydrogen) atoms. The Bertz CT molecular complexity index is 1410. The van der Waals surface area contributed by atoms with E-state index in [9.17, 15) is 24.0 Å². The van der Waals surface area contributed by atoms with Gasteiger partial charge in [-0.25, -0.2) is 9.59 Å². The Morgan fingerprint density at radius 2 is 1.78 bits per heavy atom. The van der Waals surface area contributed by atoms with Crippen molar-refractivity contribution in [1.82, 2.24) is 34.4 Å². The summed E-state index contributed by atoms with van der Waals surface area (Å²) in [7, 11) is 2.70. The number of carbonyl (C=O) groups excluding carboxylic acids is 3. The number of fused-ring (bicyclic) bond motifs is 1. The molecule has 12 nitrogen and oxygen atoms in total. The third-order valence-corrected chi connectivity index (χ3v) is 5.67. The first-order valence-electron chi connectivity index (χ1n) is 9.39. The number of hydrazine groups is 1. The van der Waals surface area contributed by atoms with E-state index in [0.29, 0.717) is 10.6 Å². The Morgan fingerprint density at radius 3 is 2.44 bits per heavy atom. The lowest BCUT2D eigenvalue weighted by molar-refractivity contribution is -0.139. The van der Waals surface area contributed by atoms with Crippen LogP contribution in [0.1, 0.15) is 12.5 Å². The molecule has 1 aliphatic heterocycles.